The second-order valence-electron chi connectivity index (χ2n) is 3.73. The third-order valence-corrected chi connectivity index (χ3v) is 2.20. The molecule has 3 atom stereocenters. The smallest absolute Gasteiger partial charge is 0.157 e. The van der Waals surface area contributed by atoms with Crippen molar-refractivity contribution in [2.45, 2.75) is 44.7 Å². The maximum atomic E-state index is 9.23. The molecule has 0 saturated carbocycles. The van der Waals surface area contributed by atoms with E-state index in [1.165, 1.54) is 0 Å². The molecule has 0 aliphatic carbocycles. The van der Waals surface area contributed by atoms with Gasteiger partial charge < -0.3 is 19.9 Å². The van der Waals surface area contributed by atoms with Crippen molar-refractivity contribution in [1.29, 1.82) is 0 Å². The van der Waals surface area contributed by atoms with Crippen LogP contribution in [0.15, 0.2) is 0 Å². The molecule has 0 aromatic carbocycles. The van der Waals surface area contributed by atoms with Crippen LogP contribution < -0.4 is 5.32 Å². The van der Waals surface area contributed by atoms with E-state index in [1.807, 2.05) is 0 Å². The Hall–Kier alpha value is -0.160. The van der Waals surface area contributed by atoms with Gasteiger partial charge in [0.05, 0.1) is 18.8 Å². The van der Waals surface area contributed by atoms with Crippen molar-refractivity contribution in [1.82, 2.24) is 5.32 Å². The number of ether oxygens (including phenoxy) is 2. The Kier molecular flexibility index (Phi) is 4.12. The number of hydrogen-bond donors (Lipinski definition) is 2. The van der Waals surface area contributed by atoms with Crippen LogP contribution in [-0.2, 0) is 9.47 Å². The monoisotopic (exact) mass is 189 g/mol. The van der Waals surface area contributed by atoms with E-state index in [9.17, 15) is 5.11 Å². The normalized spacial score (nSPS) is 35.3. The summed E-state index contributed by atoms with van der Waals surface area (Å²) in [7, 11) is 1.66. The van der Waals surface area contributed by atoms with Gasteiger partial charge in [-0.2, -0.15) is 0 Å². The first-order valence-corrected chi connectivity index (χ1v) is 4.72. The highest BCUT2D eigenvalue weighted by Gasteiger charge is 2.30. The van der Waals surface area contributed by atoms with Gasteiger partial charge in [0.25, 0.3) is 0 Å². The summed E-state index contributed by atoms with van der Waals surface area (Å²) in [5.74, 6) is 0. The van der Waals surface area contributed by atoms with Crippen molar-refractivity contribution in [2.24, 2.45) is 0 Å². The summed E-state index contributed by atoms with van der Waals surface area (Å²) in [6, 6.07) is 0.592. The second kappa shape index (κ2) is 4.91. The average molecular weight is 189 g/mol. The van der Waals surface area contributed by atoms with E-state index < -0.39 is 6.29 Å². The first-order valence-electron chi connectivity index (χ1n) is 4.72. The van der Waals surface area contributed by atoms with Crippen LogP contribution in [-0.4, -0.2) is 43.3 Å². The zero-order valence-corrected chi connectivity index (χ0v) is 8.49. The standard InChI is InChI=1S/C9H19NO3/c1-6(2)10-7-5-13-9(11)4-8(7)12-3/h6-11H,4-5H2,1-3H3/t7-,8-,9-/m0/s1. The highest BCUT2D eigenvalue weighted by Crippen LogP contribution is 2.15. The summed E-state index contributed by atoms with van der Waals surface area (Å²) in [6.45, 7) is 4.67. The van der Waals surface area contributed by atoms with Crippen molar-refractivity contribution in [3.63, 3.8) is 0 Å². The maximum Gasteiger partial charge on any atom is 0.157 e. The number of nitrogens with one attached hydrogen (secondary N) is 1. The van der Waals surface area contributed by atoms with Crippen LogP contribution in [0.2, 0.25) is 0 Å². The Morgan fingerprint density at radius 3 is 2.77 bits per heavy atom. The molecule has 1 aliphatic heterocycles. The third kappa shape index (κ3) is 3.23. The van der Waals surface area contributed by atoms with Gasteiger partial charge in [0.15, 0.2) is 6.29 Å². The van der Waals surface area contributed by atoms with Crippen LogP contribution in [0.3, 0.4) is 0 Å². The molecule has 1 aliphatic rings. The van der Waals surface area contributed by atoms with Gasteiger partial charge in [0, 0.05) is 19.6 Å². The minimum atomic E-state index is -0.671. The molecule has 1 fully saturated rings. The van der Waals surface area contributed by atoms with Crippen LogP contribution in [0.25, 0.3) is 0 Å². The quantitative estimate of drug-likeness (QED) is 0.661. The summed E-state index contributed by atoms with van der Waals surface area (Å²) in [5.41, 5.74) is 0. The fourth-order valence-electron chi connectivity index (χ4n) is 1.60. The lowest BCUT2D eigenvalue weighted by Gasteiger charge is -2.34. The van der Waals surface area contributed by atoms with E-state index in [0.29, 0.717) is 19.1 Å². The maximum absolute atomic E-state index is 9.23. The van der Waals surface area contributed by atoms with Crippen LogP contribution in [0.4, 0.5) is 0 Å². The first kappa shape index (κ1) is 10.9. The molecule has 4 heteroatoms. The fraction of sp³-hybridized carbons (Fsp3) is 1.00. The molecule has 0 spiro atoms. The highest BCUT2D eigenvalue weighted by atomic mass is 16.6. The zero-order chi connectivity index (χ0) is 9.84. The predicted molar refractivity (Wildman–Crippen MR) is 49.4 cm³/mol. The molecule has 2 N–H and O–H groups in total. The van der Waals surface area contributed by atoms with Crippen LogP contribution in [0.1, 0.15) is 20.3 Å². The number of methoxy groups -OCH3 is 1. The predicted octanol–water partition coefficient (Wildman–Crippen LogP) is 0.107. The number of rotatable bonds is 3. The van der Waals surface area contributed by atoms with Crippen molar-refractivity contribution >= 4 is 0 Å². The molecule has 0 amide bonds. The summed E-state index contributed by atoms with van der Waals surface area (Å²) in [6.07, 6.45) is -0.0812. The molecular weight excluding hydrogens is 170 g/mol. The Morgan fingerprint density at radius 2 is 2.23 bits per heavy atom. The van der Waals surface area contributed by atoms with E-state index in [0.717, 1.165) is 0 Å². The first-order chi connectivity index (χ1) is 6.13. The molecule has 0 bridgehead atoms. The topological polar surface area (TPSA) is 50.7 Å². The van der Waals surface area contributed by atoms with Crippen LogP contribution in [0, 0.1) is 0 Å². The molecule has 4 nitrogen and oxygen atoms in total. The van der Waals surface area contributed by atoms with E-state index in [1.54, 1.807) is 7.11 Å². The minimum Gasteiger partial charge on any atom is -0.380 e. The van der Waals surface area contributed by atoms with Crippen LogP contribution >= 0.6 is 0 Å². The van der Waals surface area contributed by atoms with Crippen LogP contribution in [0.5, 0.6) is 0 Å². The van der Waals surface area contributed by atoms with Crippen molar-refractivity contribution in [3.8, 4) is 0 Å². The molecule has 0 aromatic heterocycles. The fourth-order valence-corrected chi connectivity index (χ4v) is 1.60. The summed E-state index contributed by atoms with van der Waals surface area (Å²) in [4.78, 5) is 0. The van der Waals surface area contributed by atoms with Gasteiger partial charge in [-0.15, -0.1) is 0 Å². The summed E-state index contributed by atoms with van der Waals surface area (Å²) < 4.78 is 10.4. The second-order valence-corrected chi connectivity index (χ2v) is 3.73. The molecule has 0 aromatic rings. The van der Waals surface area contributed by atoms with Crippen molar-refractivity contribution in [3.05, 3.63) is 0 Å². The van der Waals surface area contributed by atoms with Gasteiger partial charge in [-0.05, 0) is 0 Å². The van der Waals surface area contributed by atoms with E-state index >= 15 is 0 Å². The Bertz CT molecular complexity index is 152. The SMILES string of the molecule is CO[C@H]1C[C@@H](O)OC[C@@H]1NC(C)C. The lowest BCUT2D eigenvalue weighted by molar-refractivity contribution is -0.170. The van der Waals surface area contributed by atoms with E-state index in [-0.39, 0.29) is 12.1 Å². The van der Waals surface area contributed by atoms with Crippen molar-refractivity contribution in [2.75, 3.05) is 13.7 Å². The minimum absolute atomic E-state index is 0.0474. The van der Waals surface area contributed by atoms with E-state index in [2.05, 4.69) is 19.2 Å². The van der Waals surface area contributed by atoms with Crippen molar-refractivity contribution < 1.29 is 14.6 Å². The lowest BCUT2D eigenvalue weighted by Crippen LogP contribution is -2.52. The Labute approximate surface area is 79.2 Å². The summed E-state index contributed by atoms with van der Waals surface area (Å²) in [5, 5.41) is 12.6. The molecule has 0 radical (unpaired) electrons. The van der Waals surface area contributed by atoms with Gasteiger partial charge in [0.1, 0.15) is 0 Å². The molecule has 1 rings (SSSR count). The summed E-state index contributed by atoms with van der Waals surface area (Å²) >= 11 is 0. The molecule has 0 unspecified atom stereocenters. The average Bonchev–Trinajstić information content (AvgIpc) is 2.07. The molecule has 1 saturated heterocycles. The van der Waals surface area contributed by atoms with Gasteiger partial charge in [-0.3, -0.25) is 0 Å². The van der Waals surface area contributed by atoms with E-state index in [4.69, 9.17) is 9.47 Å². The highest BCUT2D eigenvalue weighted by molar-refractivity contribution is 4.82. The Balaban J connectivity index is 2.42. The number of hydrogen-bond acceptors (Lipinski definition) is 4. The Morgan fingerprint density at radius 1 is 1.54 bits per heavy atom. The number of aliphatic hydroxyl groups excluding tert-OH is 1. The third-order valence-electron chi connectivity index (χ3n) is 2.20. The lowest BCUT2D eigenvalue weighted by atomic mass is 10.0. The zero-order valence-electron chi connectivity index (χ0n) is 8.49. The van der Waals surface area contributed by atoms with Gasteiger partial charge in [0.2, 0.25) is 0 Å². The molecular formula is C9H19NO3. The number of aliphatic hydroxyl groups is 1. The van der Waals surface area contributed by atoms with Gasteiger partial charge in [-0.1, -0.05) is 13.8 Å². The molecule has 78 valence electrons. The molecule has 1 heterocycles. The largest absolute Gasteiger partial charge is 0.380 e. The van der Waals surface area contributed by atoms with Gasteiger partial charge >= 0.3 is 0 Å². The van der Waals surface area contributed by atoms with Gasteiger partial charge in [-0.25, -0.2) is 0 Å². The molecule has 13 heavy (non-hydrogen) atoms.